The van der Waals surface area contributed by atoms with Gasteiger partial charge in [-0.3, -0.25) is 4.79 Å². The van der Waals surface area contributed by atoms with Crippen molar-refractivity contribution in [2.75, 3.05) is 31.1 Å². The number of carbonyl (C=O) groups is 1. The van der Waals surface area contributed by atoms with E-state index in [2.05, 4.69) is 32.6 Å². The molecule has 0 saturated carbocycles. The highest BCUT2D eigenvalue weighted by atomic mass is 32.1. The molecular weight excluding hydrogens is 404 g/mol. The van der Waals surface area contributed by atoms with E-state index in [9.17, 15) is 4.79 Å². The van der Waals surface area contributed by atoms with Crippen molar-refractivity contribution in [3.8, 4) is 0 Å². The van der Waals surface area contributed by atoms with Gasteiger partial charge in [0.1, 0.15) is 16.5 Å². The van der Waals surface area contributed by atoms with Crippen LogP contribution in [0.3, 0.4) is 0 Å². The van der Waals surface area contributed by atoms with E-state index in [-0.39, 0.29) is 11.3 Å². The highest BCUT2D eigenvalue weighted by Crippen LogP contribution is 2.39. The molecule has 0 radical (unpaired) electrons. The zero-order chi connectivity index (χ0) is 22.0. The summed E-state index contributed by atoms with van der Waals surface area (Å²) in [5.41, 5.74) is 1.55. The lowest BCUT2D eigenvalue weighted by Crippen LogP contribution is -2.49. The number of piperazine rings is 1. The Morgan fingerprint density at radius 2 is 1.77 bits per heavy atom. The van der Waals surface area contributed by atoms with Gasteiger partial charge in [0, 0.05) is 43.9 Å². The molecule has 0 N–H and O–H groups in total. The Kier molecular flexibility index (Phi) is 6.85. The lowest BCUT2D eigenvalue weighted by atomic mass is 9.91. The minimum Gasteiger partial charge on any atom is -0.352 e. The fourth-order valence-electron chi connectivity index (χ4n) is 4.77. The van der Waals surface area contributed by atoms with Crippen molar-refractivity contribution >= 4 is 33.3 Å². The maximum atomic E-state index is 12.7. The molecule has 6 heteroatoms. The summed E-state index contributed by atoms with van der Waals surface area (Å²) >= 11 is 1.91. The van der Waals surface area contributed by atoms with Crippen LogP contribution < -0.4 is 4.90 Å². The number of fused-ring (bicyclic) bond motifs is 3. The maximum absolute atomic E-state index is 12.7. The Hall–Kier alpha value is -1.69. The zero-order valence-corrected chi connectivity index (χ0v) is 20.6. The molecule has 3 heterocycles. The summed E-state index contributed by atoms with van der Waals surface area (Å²) in [6, 6.07) is 0. The molecule has 1 saturated heterocycles. The van der Waals surface area contributed by atoms with Gasteiger partial charge in [0.15, 0.2) is 0 Å². The molecule has 5 nitrogen and oxygen atoms in total. The molecule has 0 bridgehead atoms. The highest BCUT2D eigenvalue weighted by molar-refractivity contribution is 7.19. The predicted molar refractivity (Wildman–Crippen MR) is 130 cm³/mol. The van der Waals surface area contributed by atoms with Gasteiger partial charge in [-0.2, -0.15) is 0 Å². The molecule has 1 amide bonds. The van der Waals surface area contributed by atoms with Crippen LogP contribution in [-0.2, 0) is 24.1 Å². The molecule has 170 valence electrons. The van der Waals surface area contributed by atoms with Gasteiger partial charge in [-0.15, -0.1) is 11.3 Å². The van der Waals surface area contributed by atoms with Crippen LogP contribution >= 0.6 is 11.3 Å². The van der Waals surface area contributed by atoms with Crippen molar-refractivity contribution < 1.29 is 4.79 Å². The number of aryl methyl sites for hydroxylation is 3. The lowest BCUT2D eigenvalue weighted by Gasteiger charge is -2.37. The van der Waals surface area contributed by atoms with Gasteiger partial charge in [-0.25, -0.2) is 9.97 Å². The number of hydrogen-bond donors (Lipinski definition) is 0. The molecule has 4 rings (SSSR count). The summed E-state index contributed by atoms with van der Waals surface area (Å²) in [6.07, 6.45) is 10.1. The molecule has 31 heavy (non-hydrogen) atoms. The number of aromatic nitrogens is 2. The number of thiophene rings is 1. The topological polar surface area (TPSA) is 49.3 Å². The average Bonchev–Trinajstić information content (AvgIpc) is 2.91. The van der Waals surface area contributed by atoms with Crippen molar-refractivity contribution in [1.82, 2.24) is 14.9 Å². The fraction of sp³-hybridized carbons (Fsp3) is 0.720. The van der Waals surface area contributed by atoms with E-state index in [0.29, 0.717) is 6.42 Å². The van der Waals surface area contributed by atoms with Crippen molar-refractivity contribution in [3.05, 3.63) is 16.3 Å². The highest BCUT2D eigenvalue weighted by Gasteiger charge is 2.28. The van der Waals surface area contributed by atoms with E-state index in [4.69, 9.17) is 9.97 Å². The molecule has 0 unspecified atom stereocenters. The van der Waals surface area contributed by atoms with Gasteiger partial charge in [0.2, 0.25) is 5.91 Å². The number of amides is 1. The molecule has 0 atom stereocenters. The van der Waals surface area contributed by atoms with Crippen LogP contribution in [0.1, 0.15) is 82.5 Å². The predicted octanol–water partition coefficient (Wildman–Crippen LogP) is 5.39. The first-order valence-electron chi connectivity index (χ1n) is 12.2. The second-order valence-electron chi connectivity index (χ2n) is 10.4. The van der Waals surface area contributed by atoms with Crippen LogP contribution in [0.25, 0.3) is 10.2 Å². The first-order valence-corrected chi connectivity index (χ1v) is 13.0. The molecule has 1 aliphatic carbocycles. The minimum absolute atomic E-state index is 0.0372. The summed E-state index contributed by atoms with van der Waals surface area (Å²) in [6.45, 7) is 11.9. The van der Waals surface area contributed by atoms with Gasteiger partial charge in [0.25, 0.3) is 0 Å². The van der Waals surface area contributed by atoms with Crippen molar-refractivity contribution in [2.45, 2.75) is 85.5 Å². The third-order valence-electron chi connectivity index (χ3n) is 6.46. The maximum Gasteiger partial charge on any atom is 0.223 e. The molecule has 0 spiro atoms. The Morgan fingerprint density at radius 1 is 1.03 bits per heavy atom. The van der Waals surface area contributed by atoms with Crippen LogP contribution in [0.2, 0.25) is 0 Å². The standard InChI is InChI=1S/C25H38N4OS/c1-5-6-12-20-26-23(22-18-10-8-7-9-11-19(18)31-24(22)27-20)29-15-13-28(14-16-29)21(30)17-25(2,3)4/h5-17H2,1-4H3. The number of carbonyl (C=O) groups excluding carboxylic acids is 1. The zero-order valence-electron chi connectivity index (χ0n) is 19.8. The molecule has 2 aromatic heterocycles. The second-order valence-corrected chi connectivity index (χ2v) is 11.5. The first-order chi connectivity index (χ1) is 14.9. The van der Waals surface area contributed by atoms with E-state index < -0.39 is 0 Å². The third-order valence-corrected chi connectivity index (χ3v) is 7.64. The van der Waals surface area contributed by atoms with Gasteiger partial charge in [-0.1, -0.05) is 40.5 Å². The molecule has 1 fully saturated rings. The van der Waals surface area contributed by atoms with Crippen LogP contribution in [0.15, 0.2) is 0 Å². The Morgan fingerprint density at radius 3 is 2.48 bits per heavy atom. The molecule has 2 aromatic rings. The summed E-state index contributed by atoms with van der Waals surface area (Å²) in [7, 11) is 0. The monoisotopic (exact) mass is 442 g/mol. The van der Waals surface area contributed by atoms with E-state index in [1.165, 1.54) is 46.3 Å². The quantitative estimate of drug-likeness (QED) is 0.583. The molecule has 1 aliphatic heterocycles. The van der Waals surface area contributed by atoms with Crippen LogP contribution in [-0.4, -0.2) is 47.0 Å². The Balaban J connectivity index is 1.61. The number of unbranched alkanes of at least 4 members (excludes halogenated alkanes) is 1. The third kappa shape index (κ3) is 5.21. The number of anilines is 1. The van der Waals surface area contributed by atoms with Gasteiger partial charge in [-0.05, 0) is 43.1 Å². The van der Waals surface area contributed by atoms with E-state index in [0.717, 1.165) is 63.5 Å². The number of hydrogen-bond acceptors (Lipinski definition) is 5. The van der Waals surface area contributed by atoms with Crippen molar-refractivity contribution in [1.29, 1.82) is 0 Å². The SMILES string of the molecule is CCCCc1nc(N2CCN(C(=O)CC(C)(C)C)CC2)c2c3c(sc2n1)CCCCC3. The summed E-state index contributed by atoms with van der Waals surface area (Å²) in [4.78, 5) is 30.0. The second kappa shape index (κ2) is 9.43. The van der Waals surface area contributed by atoms with Crippen molar-refractivity contribution in [2.24, 2.45) is 5.41 Å². The molecular formula is C25H38N4OS. The summed E-state index contributed by atoms with van der Waals surface area (Å²) in [5.74, 6) is 2.42. The van der Waals surface area contributed by atoms with Gasteiger partial charge in [0.05, 0.1) is 5.39 Å². The summed E-state index contributed by atoms with van der Waals surface area (Å²) in [5, 5.41) is 1.32. The largest absolute Gasteiger partial charge is 0.352 e. The minimum atomic E-state index is 0.0372. The fourth-order valence-corrected chi connectivity index (χ4v) is 6.04. The van der Waals surface area contributed by atoms with Crippen LogP contribution in [0.4, 0.5) is 5.82 Å². The number of nitrogens with zero attached hydrogens (tertiary/aromatic N) is 4. The Labute approximate surface area is 191 Å². The average molecular weight is 443 g/mol. The van der Waals surface area contributed by atoms with Crippen molar-refractivity contribution in [3.63, 3.8) is 0 Å². The molecule has 0 aromatic carbocycles. The van der Waals surface area contributed by atoms with Crippen LogP contribution in [0.5, 0.6) is 0 Å². The van der Waals surface area contributed by atoms with Crippen LogP contribution in [0, 0.1) is 5.41 Å². The normalized spacial score (nSPS) is 17.7. The van der Waals surface area contributed by atoms with E-state index in [1.807, 2.05) is 16.2 Å². The molecule has 2 aliphatic rings. The van der Waals surface area contributed by atoms with E-state index in [1.54, 1.807) is 0 Å². The van der Waals surface area contributed by atoms with E-state index >= 15 is 0 Å². The number of rotatable bonds is 5. The van der Waals surface area contributed by atoms with Gasteiger partial charge < -0.3 is 9.80 Å². The smallest absolute Gasteiger partial charge is 0.223 e. The Bertz CT molecular complexity index is 922. The lowest BCUT2D eigenvalue weighted by molar-refractivity contribution is -0.133. The van der Waals surface area contributed by atoms with Gasteiger partial charge >= 0.3 is 0 Å². The summed E-state index contributed by atoms with van der Waals surface area (Å²) < 4.78 is 0. The first kappa shape index (κ1) is 22.5.